The highest BCUT2D eigenvalue weighted by Gasteiger charge is 2.55. The van der Waals surface area contributed by atoms with E-state index in [1.54, 1.807) is 0 Å². The van der Waals surface area contributed by atoms with E-state index in [-0.39, 0.29) is 38.7 Å². The number of phosphoric ester groups is 1. The molecule has 0 spiro atoms. The summed E-state index contributed by atoms with van der Waals surface area (Å²) in [6.45, 7) is 5.37. The van der Waals surface area contributed by atoms with Crippen molar-refractivity contribution < 1.29 is 99.4 Å². The van der Waals surface area contributed by atoms with Crippen LogP contribution in [0.15, 0.2) is 24.2 Å². The summed E-state index contributed by atoms with van der Waals surface area (Å²) >= 11 is 0. The van der Waals surface area contributed by atoms with Gasteiger partial charge in [0.25, 0.3) is 5.91 Å². The van der Waals surface area contributed by atoms with E-state index in [0.29, 0.717) is 5.57 Å². The second kappa shape index (κ2) is 23.9. The number of hydrogen-bond donors (Lipinski definition) is 2. The van der Waals surface area contributed by atoms with Gasteiger partial charge in [-0.1, -0.05) is 6.58 Å². The predicted octanol–water partition coefficient (Wildman–Crippen LogP) is 0.727. The van der Waals surface area contributed by atoms with Crippen molar-refractivity contribution in [1.29, 1.82) is 0 Å². The van der Waals surface area contributed by atoms with E-state index in [0.717, 1.165) is 13.8 Å². The molecule has 0 aromatic heterocycles. The van der Waals surface area contributed by atoms with Crippen LogP contribution in [0.2, 0.25) is 0 Å². The molecular formula is C35H53N2O21P. The normalized spacial score (nSPS) is 18.3. The van der Waals surface area contributed by atoms with Gasteiger partial charge in [-0.3, -0.25) is 47.1 Å². The molecule has 2 heterocycles. The second-order valence-electron chi connectivity index (χ2n) is 12.6. The lowest BCUT2D eigenvalue weighted by atomic mass is 9.90. The number of phosphoric acid groups is 1. The van der Waals surface area contributed by atoms with Gasteiger partial charge in [0.05, 0.1) is 65.6 Å². The van der Waals surface area contributed by atoms with E-state index in [1.807, 2.05) is 0 Å². The predicted molar refractivity (Wildman–Crippen MR) is 194 cm³/mol. The summed E-state index contributed by atoms with van der Waals surface area (Å²) in [6.07, 6.45) is -2.17. The van der Waals surface area contributed by atoms with Crippen LogP contribution in [0, 0.1) is 10.8 Å². The van der Waals surface area contributed by atoms with Crippen LogP contribution in [0.5, 0.6) is 0 Å². The number of hydrogen-bond acceptors (Lipinski definition) is 22. The average Bonchev–Trinajstić information content (AvgIpc) is 3.54. The number of nitrogens with zero attached hydrogens (tertiary/aromatic N) is 1. The zero-order chi connectivity index (χ0) is 44.4. The first-order valence-electron chi connectivity index (χ1n) is 18.3. The van der Waals surface area contributed by atoms with Crippen LogP contribution in [0.25, 0.3) is 0 Å². The molecule has 1 amide bonds. The van der Waals surface area contributed by atoms with Crippen LogP contribution in [0.3, 0.4) is 0 Å². The lowest BCUT2D eigenvalue weighted by molar-refractivity contribution is -0.185. The summed E-state index contributed by atoms with van der Waals surface area (Å²) in [5.41, 5.74) is -4.90. The van der Waals surface area contributed by atoms with Crippen molar-refractivity contribution in [2.75, 3.05) is 73.0 Å². The third-order valence-corrected chi connectivity index (χ3v) is 9.52. The average molecular weight is 869 g/mol. The summed E-state index contributed by atoms with van der Waals surface area (Å²) < 4.78 is 78.1. The first kappa shape index (κ1) is 50.7. The standard InChI is InChI=1S/C35H53N2O21P/c1-9-49-30(42)34(31(43)50-10-2,16-47-20-53-24(7)38)18-56-59(46,55-15-27-26(40)13-28(58-27)37-14-22(5)29(41)36-23(37)6)57-19-35(32(44)51-11-3,33(45)52-12-4)17-48-21-54-25(8)39/h14,26-28,40H,6,9-13,15-21H2,1-5,7-8H3,(H,36,41)/t26?,27-,28-/m1/s1. The van der Waals surface area contributed by atoms with E-state index < -0.39 is 125 Å². The molecule has 0 aliphatic carbocycles. The van der Waals surface area contributed by atoms with Gasteiger partial charge in [0.2, 0.25) is 10.8 Å². The van der Waals surface area contributed by atoms with Crippen LogP contribution in [0.1, 0.15) is 54.9 Å². The minimum atomic E-state index is -5.32. The summed E-state index contributed by atoms with van der Waals surface area (Å²) in [4.78, 5) is 90.2. The number of nitrogens with one attached hydrogen (secondary N) is 1. The van der Waals surface area contributed by atoms with Crippen LogP contribution < -0.4 is 5.32 Å². The van der Waals surface area contributed by atoms with E-state index in [1.165, 1.54) is 45.7 Å². The Morgan fingerprint density at radius 3 is 1.59 bits per heavy atom. The molecule has 1 fully saturated rings. The van der Waals surface area contributed by atoms with Crippen molar-refractivity contribution >= 4 is 49.5 Å². The molecule has 2 rings (SSSR count). The number of carbonyl (C=O) groups excluding carboxylic acids is 7. The Balaban J connectivity index is 2.61. The molecule has 0 bridgehead atoms. The van der Waals surface area contributed by atoms with E-state index in [4.69, 9.17) is 56.2 Å². The van der Waals surface area contributed by atoms with Gasteiger partial charge in [-0.15, -0.1) is 0 Å². The zero-order valence-corrected chi connectivity index (χ0v) is 34.9. The summed E-state index contributed by atoms with van der Waals surface area (Å²) in [5.74, 6) is -7.00. The molecule has 1 unspecified atom stereocenters. The minimum Gasteiger partial charge on any atom is -0.465 e. The molecule has 3 atom stereocenters. The van der Waals surface area contributed by atoms with Gasteiger partial charge in [0.15, 0.2) is 13.6 Å². The van der Waals surface area contributed by atoms with Crippen molar-refractivity contribution in [3.8, 4) is 0 Å². The Bertz CT molecular complexity index is 1490. The van der Waals surface area contributed by atoms with Crippen molar-refractivity contribution in [3.63, 3.8) is 0 Å². The fourth-order valence-corrected chi connectivity index (χ4v) is 6.38. The maximum absolute atomic E-state index is 14.7. The zero-order valence-electron chi connectivity index (χ0n) is 34.0. The summed E-state index contributed by atoms with van der Waals surface area (Å²) in [6, 6.07) is 0. The largest absolute Gasteiger partial charge is 0.474 e. The fourth-order valence-electron chi connectivity index (χ4n) is 5.07. The highest BCUT2D eigenvalue weighted by molar-refractivity contribution is 7.48. The molecule has 59 heavy (non-hydrogen) atoms. The molecule has 2 aliphatic rings. The Morgan fingerprint density at radius 2 is 1.20 bits per heavy atom. The van der Waals surface area contributed by atoms with Crippen molar-refractivity contribution in [2.45, 2.75) is 73.3 Å². The molecule has 2 N–H and O–H groups in total. The lowest BCUT2D eigenvalue weighted by Gasteiger charge is -2.33. The summed E-state index contributed by atoms with van der Waals surface area (Å²) in [5, 5.41) is 13.5. The highest BCUT2D eigenvalue weighted by Crippen LogP contribution is 2.53. The van der Waals surface area contributed by atoms with Gasteiger partial charge in [0, 0.05) is 32.0 Å². The van der Waals surface area contributed by atoms with Crippen molar-refractivity contribution in [1.82, 2.24) is 10.2 Å². The number of amides is 1. The van der Waals surface area contributed by atoms with Gasteiger partial charge in [-0.2, -0.15) is 0 Å². The highest BCUT2D eigenvalue weighted by atomic mass is 31.2. The SMILES string of the molecule is C=C1NC(=O)C(C)=CN1[C@H]1CC(O)[C@@H](COP(=O)(OCC(COCOC(C)=O)(C(=O)OCC)C(=O)OCC)OCC(COCOC(C)=O)(C(=O)OCC)C(=O)OCC)O1. The third kappa shape index (κ3) is 14.3. The first-order chi connectivity index (χ1) is 27.8. The molecule has 23 nitrogen and oxygen atoms in total. The topological polar surface area (TPSA) is 283 Å². The molecule has 24 heteroatoms. The van der Waals surface area contributed by atoms with Crippen LogP contribution in [-0.2, 0) is 94.3 Å². The maximum atomic E-state index is 14.7. The van der Waals surface area contributed by atoms with Crippen LogP contribution >= 0.6 is 7.82 Å². The van der Waals surface area contributed by atoms with Gasteiger partial charge in [-0.05, 0) is 34.6 Å². The number of rotatable bonds is 26. The smallest absolute Gasteiger partial charge is 0.465 e. The minimum absolute atomic E-state index is 0.0816. The number of aliphatic hydroxyl groups is 1. The molecule has 0 aromatic carbocycles. The monoisotopic (exact) mass is 868 g/mol. The number of carbonyl (C=O) groups is 7. The molecule has 0 aromatic rings. The Morgan fingerprint density at radius 1 is 0.780 bits per heavy atom. The van der Waals surface area contributed by atoms with E-state index in [2.05, 4.69) is 11.9 Å². The molecule has 0 radical (unpaired) electrons. The van der Waals surface area contributed by atoms with Crippen LogP contribution in [-0.4, -0.2) is 143 Å². The molecule has 334 valence electrons. The molecule has 0 saturated carbocycles. The lowest BCUT2D eigenvalue weighted by Crippen LogP contribution is -2.50. The molecule has 1 saturated heterocycles. The van der Waals surface area contributed by atoms with Crippen molar-refractivity contribution in [2.24, 2.45) is 10.8 Å². The fraction of sp³-hybridized carbons (Fsp3) is 0.686. The third-order valence-electron chi connectivity index (χ3n) is 8.16. The number of ether oxygens (including phenoxy) is 9. The molecule has 2 aliphatic heterocycles. The van der Waals surface area contributed by atoms with Gasteiger partial charge in [-0.25, -0.2) is 4.57 Å². The van der Waals surface area contributed by atoms with E-state index >= 15 is 0 Å². The van der Waals surface area contributed by atoms with Gasteiger partial charge in [0.1, 0.15) is 18.2 Å². The number of esters is 6. The molecular weight excluding hydrogens is 815 g/mol. The van der Waals surface area contributed by atoms with E-state index in [9.17, 15) is 43.2 Å². The Kier molecular flexibility index (Phi) is 20.6. The first-order valence-corrected chi connectivity index (χ1v) is 19.8. The Hall–Kier alpha value is -4.48. The van der Waals surface area contributed by atoms with Crippen molar-refractivity contribution in [3.05, 3.63) is 24.2 Å². The quantitative estimate of drug-likeness (QED) is 0.0302. The summed E-state index contributed by atoms with van der Waals surface area (Å²) in [7, 11) is -5.32. The van der Waals surface area contributed by atoms with Gasteiger partial charge < -0.3 is 58.0 Å². The Labute approximate surface area is 340 Å². The maximum Gasteiger partial charge on any atom is 0.474 e. The van der Waals surface area contributed by atoms with Crippen LogP contribution in [0.4, 0.5) is 0 Å². The second-order valence-corrected chi connectivity index (χ2v) is 14.3. The van der Waals surface area contributed by atoms with Gasteiger partial charge >= 0.3 is 43.6 Å². The number of aliphatic hydroxyl groups excluding tert-OH is 1.